The quantitative estimate of drug-likeness (QED) is 0.765. The van der Waals surface area contributed by atoms with Crippen molar-refractivity contribution in [3.8, 4) is 0 Å². The van der Waals surface area contributed by atoms with E-state index < -0.39 is 0 Å². The number of anilines is 1. The molecule has 2 rings (SSSR count). The highest BCUT2D eigenvalue weighted by molar-refractivity contribution is 6.03. The summed E-state index contributed by atoms with van der Waals surface area (Å²) in [6, 6.07) is 8.44. The van der Waals surface area contributed by atoms with Gasteiger partial charge in [-0.15, -0.1) is 0 Å². The van der Waals surface area contributed by atoms with Crippen LogP contribution in [-0.4, -0.2) is 19.8 Å². The van der Waals surface area contributed by atoms with E-state index in [9.17, 15) is 0 Å². The van der Waals surface area contributed by atoms with E-state index in [1.54, 1.807) is 12.2 Å². The number of nitrogens with one attached hydrogen (secondary N) is 1. The minimum absolute atomic E-state index is 0.537. The molecular formula is C21H22N2. The molecule has 0 atom stereocenters. The molecule has 1 aliphatic rings. The van der Waals surface area contributed by atoms with E-state index in [4.69, 9.17) is 5.41 Å². The third-order valence-corrected chi connectivity index (χ3v) is 3.34. The van der Waals surface area contributed by atoms with Gasteiger partial charge in [-0.25, -0.2) is 0 Å². The summed E-state index contributed by atoms with van der Waals surface area (Å²) in [6.45, 7) is 0. The van der Waals surface area contributed by atoms with Crippen molar-refractivity contribution in [1.29, 1.82) is 5.41 Å². The molecule has 0 bridgehead atoms. The minimum atomic E-state index is 0.537. The zero-order valence-electron chi connectivity index (χ0n) is 13.6. The van der Waals surface area contributed by atoms with E-state index >= 15 is 0 Å². The molecule has 0 fully saturated rings. The van der Waals surface area contributed by atoms with Crippen molar-refractivity contribution in [3.05, 3.63) is 96.2 Å². The van der Waals surface area contributed by atoms with Crippen LogP contribution in [0, 0.1) is 5.41 Å². The van der Waals surface area contributed by atoms with Crippen LogP contribution in [0.15, 0.2) is 90.6 Å². The molecule has 0 radical (unpaired) electrons. The Morgan fingerprint density at radius 2 is 1.39 bits per heavy atom. The highest BCUT2D eigenvalue weighted by Gasteiger charge is 1.93. The summed E-state index contributed by atoms with van der Waals surface area (Å²) in [7, 11) is 4.08. The lowest BCUT2D eigenvalue weighted by atomic mass is 10.1. The maximum absolute atomic E-state index is 7.43. The average Bonchev–Trinajstić information content (AvgIpc) is 2.56. The van der Waals surface area contributed by atoms with Gasteiger partial charge in [0, 0.05) is 19.8 Å². The third-order valence-electron chi connectivity index (χ3n) is 3.34. The zero-order valence-corrected chi connectivity index (χ0v) is 13.6. The Hall–Kier alpha value is -2.87. The van der Waals surface area contributed by atoms with Gasteiger partial charge in [0.2, 0.25) is 0 Å². The van der Waals surface area contributed by atoms with Crippen molar-refractivity contribution in [2.45, 2.75) is 0 Å². The molecule has 1 aliphatic carbocycles. The second-order valence-corrected chi connectivity index (χ2v) is 5.40. The summed E-state index contributed by atoms with van der Waals surface area (Å²) < 4.78 is 0. The topological polar surface area (TPSA) is 27.1 Å². The Kier molecular flexibility index (Phi) is 6.13. The van der Waals surface area contributed by atoms with Crippen LogP contribution in [0.5, 0.6) is 0 Å². The lowest BCUT2D eigenvalue weighted by Crippen LogP contribution is -2.07. The lowest BCUT2D eigenvalue weighted by Gasteiger charge is -2.11. The fraction of sp³-hybridized carbons (Fsp3) is 0.0952. The molecule has 0 heterocycles. The molecule has 0 aromatic heterocycles. The highest BCUT2D eigenvalue weighted by atomic mass is 15.1. The molecule has 1 aromatic rings. The van der Waals surface area contributed by atoms with Crippen molar-refractivity contribution in [1.82, 2.24) is 0 Å². The van der Waals surface area contributed by atoms with Crippen LogP contribution >= 0.6 is 0 Å². The first kappa shape index (κ1) is 16.5. The maximum atomic E-state index is 7.43. The smallest absolute Gasteiger partial charge is 0.0540 e. The van der Waals surface area contributed by atoms with Crippen LogP contribution in [0.25, 0.3) is 6.08 Å². The van der Waals surface area contributed by atoms with Gasteiger partial charge in [-0.3, -0.25) is 0 Å². The second kappa shape index (κ2) is 8.54. The van der Waals surface area contributed by atoms with E-state index in [-0.39, 0.29) is 0 Å². The zero-order chi connectivity index (χ0) is 16.5. The summed E-state index contributed by atoms with van der Waals surface area (Å²) in [5, 5.41) is 7.43. The van der Waals surface area contributed by atoms with Gasteiger partial charge in [0.15, 0.2) is 0 Å². The van der Waals surface area contributed by atoms with Gasteiger partial charge in [0.25, 0.3) is 0 Å². The van der Waals surface area contributed by atoms with E-state index in [2.05, 4.69) is 35.2 Å². The lowest BCUT2D eigenvalue weighted by molar-refractivity contribution is 1.13. The summed E-state index contributed by atoms with van der Waals surface area (Å²) in [4.78, 5) is 2.09. The predicted molar refractivity (Wildman–Crippen MR) is 102 cm³/mol. The molecule has 1 N–H and O–H groups in total. The van der Waals surface area contributed by atoms with E-state index in [0.29, 0.717) is 5.71 Å². The Morgan fingerprint density at radius 3 is 2.04 bits per heavy atom. The fourth-order valence-electron chi connectivity index (χ4n) is 2.00. The van der Waals surface area contributed by atoms with E-state index in [1.807, 2.05) is 62.7 Å². The van der Waals surface area contributed by atoms with Gasteiger partial charge >= 0.3 is 0 Å². The number of benzene rings is 1. The van der Waals surface area contributed by atoms with Crippen LogP contribution < -0.4 is 4.90 Å². The third kappa shape index (κ3) is 5.79. The Morgan fingerprint density at radius 1 is 0.783 bits per heavy atom. The molecule has 2 heteroatoms. The monoisotopic (exact) mass is 302 g/mol. The molecule has 0 unspecified atom stereocenters. The Bertz CT molecular complexity index is 691. The normalized spacial score (nSPS) is 14.5. The molecule has 2 nitrogen and oxygen atoms in total. The van der Waals surface area contributed by atoms with Crippen LogP contribution in [0.2, 0.25) is 0 Å². The number of nitrogens with zero attached hydrogens (tertiary/aromatic N) is 1. The summed E-state index contributed by atoms with van der Waals surface area (Å²) in [5.41, 5.74) is 4.03. The molecule has 0 saturated heterocycles. The molecular weight excluding hydrogens is 280 g/mol. The van der Waals surface area contributed by atoms with Gasteiger partial charge in [0.1, 0.15) is 0 Å². The molecule has 0 aliphatic heterocycles. The van der Waals surface area contributed by atoms with Crippen LogP contribution in [-0.2, 0) is 0 Å². The summed E-state index contributed by atoms with van der Waals surface area (Å²) >= 11 is 0. The Balaban J connectivity index is 1.83. The largest absolute Gasteiger partial charge is 0.378 e. The Labute approximate surface area is 138 Å². The number of hydrogen-bond acceptors (Lipinski definition) is 2. The molecule has 0 spiro atoms. The van der Waals surface area contributed by atoms with Crippen molar-refractivity contribution < 1.29 is 0 Å². The summed E-state index contributed by atoms with van der Waals surface area (Å²) in [6.07, 6.45) is 21.6. The van der Waals surface area contributed by atoms with E-state index in [1.165, 1.54) is 11.3 Å². The van der Waals surface area contributed by atoms with Gasteiger partial charge in [0.05, 0.1) is 5.71 Å². The molecule has 1 aromatic carbocycles. The van der Waals surface area contributed by atoms with Crippen molar-refractivity contribution in [2.75, 3.05) is 19.0 Å². The van der Waals surface area contributed by atoms with Gasteiger partial charge in [-0.05, 0) is 35.4 Å². The van der Waals surface area contributed by atoms with Crippen LogP contribution in [0.1, 0.15) is 5.56 Å². The van der Waals surface area contributed by atoms with Gasteiger partial charge in [-0.1, -0.05) is 66.8 Å². The standard InChI is InChI=1S/C21H22N2/c1-23(2)21-16-12-19(13-17-21)9-7-5-3-4-6-8-18-10-14-20(22)15-11-18/h3-17,22H,1-2H3/b5-3+,6-4+,9-7+,18-8?,22-20?. The van der Waals surface area contributed by atoms with Crippen LogP contribution in [0.4, 0.5) is 5.69 Å². The minimum Gasteiger partial charge on any atom is -0.378 e. The molecule has 0 amide bonds. The first-order valence-corrected chi connectivity index (χ1v) is 7.59. The van der Waals surface area contributed by atoms with Gasteiger partial charge < -0.3 is 10.3 Å². The average molecular weight is 302 g/mol. The van der Waals surface area contributed by atoms with Crippen molar-refractivity contribution >= 4 is 17.5 Å². The number of rotatable bonds is 5. The highest BCUT2D eigenvalue weighted by Crippen LogP contribution is 2.13. The molecule has 116 valence electrons. The van der Waals surface area contributed by atoms with E-state index in [0.717, 1.165) is 5.57 Å². The van der Waals surface area contributed by atoms with Crippen molar-refractivity contribution in [3.63, 3.8) is 0 Å². The predicted octanol–water partition coefficient (Wildman–Crippen LogP) is 4.95. The molecule has 0 saturated carbocycles. The summed E-state index contributed by atoms with van der Waals surface area (Å²) in [5.74, 6) is 0. The number of allylic oxidation sites excluding steroid dienone is 11. The second-order valence-electron chi connectivity index (χ2n) is 5.40. The first-order chi connectivity index (χ1) is 11.1. The SMILES string of the molecule is CN(C)c1ccc(/C=C/C=C/C=C/C=C2C=CC(=N)C=C2)cc1. The van der Waals surface area contributed by atoms with Gasteiger partial charge in [-0.2, -0.15) is 0 Å². The van der Waals surface area contributed by atoms with Crippen molar-refractivity contribution in [2.24, 2.45) is 0 Å². The van der Waals surface area contributed by atoms with Crippen LogP contribution in [0.3, 0.4) is 0 Å². The molecule has 23 heavy (non-hydrogen) atoms. The first-order valence-electron chi connectivity index (χ1n) is 7.59. The number of hydrogen-bond donors (Lipinski definition) is 1. The maximum Gasteiger partial charge on any atom is 0.0540 e. The fourth-order valence-corrected chi connectivity index (χ4v) is 2.00.